The maximum atomic E-state index is 13.1. The number of aromatic nitrogens is 2. The van der Waals surface area contributed by atoms with Crippen LogP contribution < -0.4 is 4.90 Å². The first-order valence-electron chi connectivity index (χ1n) is 10.3. The van der Waals surface area contributed by atoms with E-state index in [2.05, 4.69) is 10.00 Å². The van der Waals surface area contributed by atoms with Gasteiger partial charge in [-0.05, 0) is 48.0 Å². The van der Waals surface area contributed by atoms with Crippen molar-refractivity contribution in [3.05, 3.63) is 82.4 Å². The van der Waals surface area contributed by atoms with E-state index in [1.807, 2.05) is 39.9 Å². The van der Waals surface area contributed by atoms with Crippen molar-refractivity contribution in [2.24, 2.45) is 0 Å². The average molecular weight is 441 g/mol. The van der Waals surface area contributed by atoms with Crippen LogP contribution in [0.5, 0.6) is 0 Å². The Bertz CT molecular complexity index is 1080. The highest BCUT2D eigenvalue weighted by Crippen LogP contribution is 2.28. The number of benzene rings is 2. The molecule has 2 aromatic carbocycles. The average Bonchev–Trinajstić information content (AvgIpc) is 3.23. The summed E-state index contributed by atoms with van der Waals surface area (Å²) in [5, 5.41) is 5.26. The summed E-state index contributed by atoms with van der Waals surface area (Å²) in [5.41, 5.74) is 3.36. The number of hydrogen-bond acceptors (Lipinski definition) is 4. The lowest BCUT2D eigenvalue weighted by molar-refractivity contribution is -0.00121. The van der Waals surface area contributed by atoms with Gasteiger partial charge in [0, 0.05) is 36.9 Å². The molecule has 160 valence electrons. The summed E-state index contributed by atoms with van der Waals surface area (Å²) in [6.45, 7) is 3.57. The Morgan fingerprint density at radius 3 is 2.45 bits per heavy atom. The second kappa shape index (κ2) is 8.32. The molecule has 0 spiro atoms. The third kappa shape index (κ3) is 4.16. The fraction of sp³-hybridized carbons (Fsp3) is 0.304. The summed E-state index contributed by atoms with van der Waals surface area (Å²) in [7, 11) is 0. The molecule has 0 saturated carbocycles. The van der Waals surface area contributed by atoms with Crippen molar-refractivity contribution in [2.75, 3.05) is 31.1 Å². The van der Waals surface area contributed by atoms with Gasteiger partial charge in [0.25, 0.3) is 5.91 Å². The molecule has 5 rings (SSSR count). The molecule has 0 bridgehead atoms. The Kier molecular flexibility index (Phi) is 5.38. The zero-order chi connectivity index (χ0) is 21.4. The smallest absolute Gasteiger partial charge is 0.274 e. The van der Waals surface area contributed by atoms with Gasteiger partial charge in [-0.25, -0.2) is 4.39 Å². The molecule has 0 radical (unpaired) electrons. The fourth-order valence-corrected chi connectivity index (χ4v) is 4.22. The van der Waals surface area contributed by atoms with Crippen LogP contribution in [0.1, 0.15) is 27.8 Å². The quantitative estimate of drug-likeness (QED) is 0.619. The van der Waals surface area contributed by atoms with Gasteiger partial charge < -0.3 is 14.5 Å². The Hall–Kier alpha value is -2.90. The van der Waals surface area contributed by atoms with Gasteiger partial charge in [0.1, 0.15) is 11.9 Å². The molecule has 2 aliphatic heterocycles. The molecule has 1 aromatic heterocycles. The van der Waals surface area contributed by atoms with E-state index in [-0.39, 0.29) is 17.8 Å². The maximum Gasteiger partial charge on any atom is 0.274 e. The molecule has 3 aromatic rings. The number of rotatable bonds is 3. The van der Waals surface area contributed by atoms with Crippen LogP contribution >= 0.6 is 11.6 Å². The van der Waals surface area contributed by atoms with E-state index in [4.69, 9.17) is 16.3 Å². The highest BCUT2D eigenvalue weighted by atomic mass is 35.5. The zero-order valence-corrected chi connectivity index (χ0v) is 17.6. The van der Waals surface area contributed by atoms with Crippen LogP contribution in [0.3, 0.4) is 0 Å². The lowest BCUT2D eigenvalue weighted by Crippen LogP contribution is -2.48. The molecule has 6 nitrogen and oxygen atoms in total. The summed E-state index contributed by atoms with van der Waals surface area (Å²) in [6, 6.07) is 15.9. The van der Waals surface area contributed by atoms with Crippen LogP contribution in [0.4, 0.5) is 10.1 Å². The number of nitrogens with zero attached hydrogens (tertiary/aromatic N) is 4. The normalized spacial score (nSPS) is 18.7. The minimum Gasteiger partial charge on any atom is -0.368 e. The van der Waals surface area contributed by atoms with Crippen LogP contribution in [0.25, 0.3) is 0 Å². The number of carbonyl (C=O) groups is 1. The lowest BCUT2D eigenvalue weighted by Gasteiger charge is -2.35. The van der Waals surface area contributed by atoms with Crippen molar-refractivity contribution in [2.45, 2.75) is 19.3 Å². The number of carbonyl (C=O) groups excluding carboxylic acids is 1. The Morgan fingerprint density at radius 1 is 1.03 bits per heavy atom. The van der Waals surface area contributed by atoms with Gasteiger partial charge in [0.05, 0.1) is 18.8 Å². The number of ether oxygens (including phenoxy) is 1. The van der Waals surface area contributed by atoms with Gasteiger partial charge in [0.15, 0.2) is 5.69 Å². The molecule has 8 heteroatoms. The van der Waals surface area contributed by atoms with E-state index < -0.39 is 0 Å². The molecular formula is C23H22ClFN4O2. The SMILES string of the molecule is O=C(c1cc2n(n1)C[C@@H](c1ccc(Cl)cc1)OC2)N1CCN(c2ccc(F)cc2)CC1. The second-order valence-electron chi connectivity index (χ2n) is 7.81. The third-order valence-corrected chi connectivity index (χ3v) is 6.11. The molecule has 31 heavy (non-hydrogen) atoms. The highest BCUT2D eigenvalue weighted by molar-refractivity contribution is 6.30. The molecular weight excluding hydrogens is 419 g/mol. The predicted molar refractivity (Wildman–Crippen MR) is 116 cm³/mol. The van der Waals surface area contributed by atoms with Crippen LogP contribution in [-0.2, 0) is 17.9 Å². The Labute approximate surface area is 184 Å². The lowest BCUT2D eigenvalue weighted by atomic mass is 10.1. The van der Waals surface area contributed by atoms with Crippen LogP contribution in [0.15, 0.2) is 54.6 Å². The molecule has 1 amide bonds. The first-order valence-corrected chi connectivity index (χ1v) is 10.7. The minimum absolute atomic E-state index is 0.0660. The molecule has 1 atom stereocenters. The van der Waals surface area contributed by atoms with Gasteiger partial charge in [-0.3, -0.25) is 9.48 Å². The first-order chi connectivity index (χ1) is 15.1. The second-order valence-corrected chi connectivity index (χ2v) is 8.25. The molecule has 1 fully saturated rings. The number of amides is 1. The van der Waals surface area contributed by atoms with Crippen molar-refractivity contribution in [3.8, 4) is 0 Å². The van der Waals surface area contributed by atoms with Crippen molar-refractivity contribution in [3.63, 3.8) is 0 Å². The van der Waals surface area contributed by atoms with Crippen molar-refractivity contribution >= 4 is 23.2 Å². The van der Waals surface area contributed by atoms with Gasteiger partial charge >= 0.3 is 0 Å². The molecule has 1 saturated heterocycles. The summed E-state index contributed by atoms with van der Waals surface area (Å²) in [4.78, 5) is 17.0. The van der Waals surface area contributed by atoms with E-state index in [1.54, 1.807) is 12.1 Å². The number of halogens is 2. The van der Waals surface area contributed by atoms with E-state index >= 15 is 0 Å². The standard InChI is InChI=1S/C23H22ClFN4O2/c24-17-3-1-16(2-4-17)22-14-29-20(15-31-22)13-21(26-29)23(30)28-11-9-27(10-12-28)19-7-5-18(25)6-8-19/h1-8,13,22H,9-12,14-15H2/t22-/m0/s1. The highest BCUT2D eigenvalue weighted by Gasteiger charge is 2.28. The number of hydrogen-bond donors (Lipinski definition) is 0. The van der Waals surface area contributed by atoms with Gasteiger partial charge in [-0.2, -0.15) is 5.10 Å². The molecule has 0 unspecified atom stereocenters. The molecule has 2 aliphatic rings. The first kappa shape index (κ1) is 20.0. The zero-order valence-electron chi connectivity index (χ0n) is 16.9. The Balaban J connectivity index is 1.23. The number of anilines is 1. The third-order valence-electron chi connectivity index (χ3n) is 5.85. The minimum atomic E-state index is -0.247. The topological polar surface area (TPSA) is 50.6 Å². The molecule has 0 aliphatic carbocycles. The van der Waals surface area contributed by atoms with Crippen molar-refractivity contribution in [1.82, 2.24) is 14.7 Å². The summed E-state index contributed by atoms with van der Waals surface area (Å²) in [6.07, 6.45) is -0.119. The summed E-state index contributed by atoms with van der Waals surface area (Å²) in [5.74, 6) is -0.313. The molecule has 3 heterocycles. The fourth-order valence-electron chi connectivity index (χ4n) is 4.09. The monoisotopic (exact) mass is 440 g/mol. The van der Waals surface area contributed by atoms with Gasteiger partial charge in [-0.1, -0.05) is 23.7 Å². The van der Waals surface area contributed by atoms with E-state index in [0.29, 0.717) is 50.0 Å². The predicted octanol–water partition coefficient (Wildman–Crippen LogP) is 3.91. The summed E-state index contributed by atoms with van der Waals surface area (Å²) >= 11 is 5.98. The number of piperazine rings is 1. The van der Waals surface area contributed by atoms with Crippen molar-refractivity contribution < 1.29 is 13.9 Å². The Morgan fingerprint density at radius 2 is 1.74 bits per heavy atom. The molecule has 0 N–H and O–H groups in total. The van der Waals surface area contributed by atoms with Gasteiger partial charge in [0.2, 0.25) is 0 Å². The van der Waals surface area contributed by atoms with Crippen LogP contribution in [0, 0.1) is 5.82 Å². The van der Waals surface area contributed by atoms with E-state index in [9.17, 15) is 9.18 Å². The maximum absolute atomic E-state index is 13.1. The summed E-state index contributed by atoms with van der Waals surface area (Å²) < 4.78 is 21.0. The van der Waals surface area contributed by atoms with Crippen molar-refractivity contribution in [1.29, 1.82) is 0 Å². The van der Waals surface area contributed by atoms with Crippen LogP contribution in [-0.4, -0.2) is 46.8 Å². The van der Waals surface area contributed by atoms with E-state index in [0.717, 1.165) is 16.9 Å². The van der Waals surface area contributed by atoms with Gasteiger partial charge in [-0.15, -0.1) is 0 Å². The largest absolute Gasteiger partial charge is 0.368 e. The van der Waals surface area contributed by atoms with E-state index in [1.165, 1.54) is 12.1 Å². The number of fused-ring (bicyclic) bond motifs is 1. The van der Waals surface area contributed by atoms with Crippen LogP contribution in [0.2, 0.25) is 5.02 Å².